The van der Waals surface area contributed by atoms with Gasteiger partial charge in [0.1, 0.15) is 12.6 Å². The fraction of sp³-hybridized carbons (Fsp3) is 0.861. The lowest BCUT2D eigenvalue weighted by Crippen LogP contribution is -2.55. The van der Waals surface area contributed by atoms with E-state index >= 15 is 0 Å². The highest BCUT2D eigenvalue weighted by molar-refractivity contribution is 5.70. The highest BCUT2D eigenvalue weighted by atomic mass is 16.6. The van der Waals surface area contributed by atoms with E-state index < -0.39 is 18.1 Å². The Morgan fingerprint density at radius 1 is 0.659 bits per heavy atom. The van der Waals surface area contributed by atoms with Gasteiger partial charge in [-0.1, -0.05) is 109 Å². The minimum Gasteiger partial charge on any atom is -0.544 e. The summed E-state index contributed by atoms with van der Waals surface area (Å²) in [5, 5.41) is 11.5. The summed E-state index contributed by atoms with van der Waals surface area (Å²) in [6.07, 6.45) is 25.2. The fourth-order valence-corrected chi connectivity index (χ4v) is 5.07. The molecule has 0 heterocycles. The number of hydrogen-bond acceptors (Lipinski definition) is 7. The maximum atomic E-state index is 12.6. The molecule has 0 bridgehead atoms. The summed E-state index contributed by atoms with van der Waals surface area (Å²) in [5.41, 5.74) is 0. The molecule has 0 aliphatic carbocycles. The summed E-state index contributed by atoms with van der Waals surface area (Å²) < 4.78 is 17.0. The minimum atomic E-state index is -1.13. The zero-order valence-corrected chi connectivity index (χ0v) is 29.1. The molecule has 0 aliphatic rings. The Balaban J connectivity index is 4.47. The van der Waals surface area contributed by atoms with Crippen molar-refractivity contribution in [2.24, 2.45) is 0 Å². The van der Waals surface area contributed by atoms with Crippen molar-refractivity contribution >= 4 is 17.9 Å². The van der Waals surface area contributed by atoms with Crippen molar-refractivity contribution in [2.75, 3.05) is 41.0 Å². The van der Waals surface area contributed by atoms with E-state index in [2.05, 4.69) is 26.0 Å². The number of unbranched alkanes of at least 4 members (excludes halogenated alkanes) is 15. The van der Waals surface area contributed by atoms with Gasteiger partial charge in [0.25, 0.3) is 0 Å². The van der Waals surface area contributed by atoms with Crippen LogP contribution in [0.25, 0.3) is 0 Å². The van der Waals surface area contributed by atoms with E-state index in [1.165, 1.54) is 57.8 Å². The quantitative estimate of drug-likeness (QED) is 0.0351. The van der Waals surface area contributed by atoms with Gasteiger partial charge in [-0.05, 0) is 32.1 Å². The van der Waals surface area contributed by atoms with Gasteiger partial charge in [0, 0.05) is 19.3 Å². The first-order chi connectivity index (χ1) is 21.1. The molecule has 0 rings (SSSR count). The molecule has 0 aromatic rings. The standard InChI is InChI=1S/C36H67NO7/c1-6-8-10-12-14-16-18-20-22-24-26-34(38)43-31-32(30-42-29-28-33(36(40)41)37(3,4)5)44-35(39)27-25-23-21-19-17-15-13-11-9-7-2/h11,13,32-33H,6-10,12,14-31H2,1-5H3/b13-11-. The molecular weight excluding hydrogens is 558 g/mol. The first-order valence-corrected chi connectivity index (χ1v) is 17.7. The summed E-state index contributed by atoms with van der Waals surface area (Å²) in [5.74, 6) is -1.75. The van der Waals surface area contributed by atoms with E-state index in [4.69, 9.17) is 14.2 Å². The molecule has 0 spiro atoms. The van der Waals surface area contributed by atoms with Gasteiger partial charge in [0.05, 0.1) is 40.3 Å². The predicted molar refractivity (Wildman–Crippen MR) is 176 cm³/mol. The molecule has 0 aliphatic heterocycles. The first-order valence-electron chi connectivity index (χ1n) is 17.7. The van der Waals surface area contributed by atoms with Gasteiger partial charge in [-0.3, -0.25) is 9.59 Å². The zero-order valence-electron chi connectivity index (χ0n) is 29.1. The second-order valence-electron chi connectivity index (χ2n) is 13.1. The van der Waals surface area contributed by atoms with Crippen LogP contribution >= 0.6 is 0 Å². The van der Waals surface area contributed by atoms with Crippen molar-refractivity contribution in [1.82, 2.24) is 0 Å². The number of allylic oxidation sites excluding steroid dienone is 2. The molecule has 8 heteroatoms. The predicted octanol–water partition coefficient (Wildman–Crippen LogP) is 7.07. The number of nitrogens with zero attached hydrogens (tertiary/aromatic N) is 1. The summed E-state index contributed by atoms with van der Waals surface area (Å²) in [4.78, 5) is 36.4. The smallest absolute Gasteiger partial charge is 0.306 e. The van der Waals surface area contributed by atoms with Crippen molar-refractivity contribution in [3.05, 3.63) is 12.2 Å². The number of rotatable bonds is 31. The Hall–Kier alpha value is -1.93. The molecule has 0 radical (unpaired) electrons. The van der Waals surface area contributed by atoms with Gasteiger partial charge in [0.2, 0.25) is 0 Å². The number of carboxylic acid groups (broad SMARTS) is 1. The highest BCUT2D eigenvalue weighted by Crippen LogP contribution is 2.13. The lowest BCUT2D eigenvalue weighted by Gasteiger charge is -2.34. The maximum absolute atomic E-state index is 12.6. The minimum absolute atomic E-state index is 0.0414. The van der Waals surface area contributed by atoms with Crippen LogP contribution in [0.5, 0.6) is 0 Å². The average molecular weight is 626 g/mol. The van der Waals surface area contributed by atoms with E-state index in [0.29, 0.717) is 12.8 Å². The maximum Gasteiger partial charge on any atom is 0.306 e. The second-order valence-corrected chi connectivity index (χ2v) is 13.1. The molecule has 0 aromatic heterocycles. The van der Waals surface area contributed by atoms with Gasteiger partial charge in [0.15, 0.2) is 6.10 Å². The van der Waals surface area contributed by atoms with E-state index in [9.17, 15) is 19.5 Å². The van der Waals surface area contributed by atoms with Crippen LogP contribution < -0.4 is 5.11 Å². The van der Waals surface area contributed by atoms with Crippen molar-refractivity contribution in [3.63, 3.8) is 0 Å². The van der Waals surface area contributed by atoms with Crippen LogP contribution in [0.4, 0.5) is 0 Å². The SMILES string of the molecule is CCC/C=C\CCCCCCCC(=O)OC(COCCC(C(=O)[O-])[N+](C)(C)C)COC(=O)CCCCCCCCCCCC. The molecular formula is C36H67NO7. The Morgan fingerprint density at radius 2 is 1.18 bits per heavy atom. The number of esters is 2. The number of carboxylic acids is 1. The van der Waals surface area contributed by atoms with Crippen LogP contribution in [0.2, 0.25) is 0 Å². The van der Waals surface area contributed by atoms with E-state index in [1.54, 1.807) is 21.1 Å². The van der Waals surface area contributed by atoms with Crippen molar-refractivity contribution in [3.8, 4) is 0 Å². The molecule has 0 N–H and O–H groups in total. The number of aliphatic carboxylic acids is 1. The third-order valence-corrected chi connectivity index (χ3v) is 7.88. The monoisotopic (exact) mass is 625 g/mol. The number of likely N-dealkylation sites (N-methyl/N-ethyl adjacent to an activating group) is 1. The van der Waals surface area contributed by atoms with Crippen molar-refractivity contribution in [1.29, 1.82) is 0 Å². The van der Waals surface area contributed by atoms with Crippen LogP contribution in [0, 0.1) is 0 Å². The van der Waals surface area contributed by atoms with Crippen LogP contribution in [0.1, 0.15) is 149 Å². The van der Waals surface area contributed by atoms with Crippen LogP contribution in [0.3, 0.4) is 0 Å². The molecule has 0 amide bonds. The summed E-state index contributed by atoms with van der Waals surface area (Å²) >= 11 is 0. The Labute approximate surface area is 269 Å². The summed E-state index contributed by atoms with van der Waals surface area (Å²) in [7, 11) is 5.39. The average Bonchev–Trinajstić information content (AvgIpc) is 2.96. The fourth-order valence-electron chi connectivity index (χ4n) is 5.07. The molecule has 8 nitrogen and oxygen atoms in total. The van der Waals surface area contributed by atoms with Gasteiger partial charge < -0.3 is 28.6 Å². The second kappa shape index (κ2) is 28.5. The Kier molecular flexibility index (Phi) is 27.3. The van der Waals surface area contributed by atoms with Crippen LogP contribution in [-0.2, 0) is 28.6 Å². The van der Waals surface area contributed by atoms with Crippen molar-refractivity contribution < 1.29 is 38.2 Å². The number of ether oxygens (including phenoxy) is 3. The largest absolute Gasteiger partial charge is 0.544 e. The molecule has 0 saturated carbocycles. The number of hydrogen-bond donors (Lipinski definition) is 0. The molecule has 258 valence electrons. The molecule has 0 saturated heterocycles. The summed E-state index contributed by atoms with van der Waals surface area (Å²) in [6, 6.07) is -0.720. The van der Waals surface area contributed by atoms with Crippen molar-refractivity contribution in [2.45, 2.75) is 161 Å². The van der Waals surface area contributed by atoms with Gasteiger partial charge >= 0.3 is 11.9 Å². The van der Waals surface area contributed by atoms with Gasteiger partial charge in [-0.2, -0.15) is 0 Å². The number of carbonyl (C=O) groups excluding carboxylic acids is 3. The van der Waals surface area contributed by atoms with E-state index in [0.717, 1.165) is 57.8 Å². The zero-order chi connectivity index (χ0) is 32.9. The Morgan fingerprint density at radius 3 is 1.73 bits per heavy atom. The third kappa shape index (κ3) is 26.5. The molecule has 0 aromatic carbocycles. The van der Waals surface area contributed by atoms with E-state index in [-0.39, 0.29) is 42.7 Å². The first kappa shape index (κ1) is 42.1. The van der Waals surface area contributed by atoms with Crippen LogP contribution in [-0.4, -0.2) is 75.5 Å². The Bertz CT molecular complexity index is 747. The number of carbonyl (C=O) groups is 3. The lowest BCUT2D eigenvalue weighted by atomic mass is 10.1. The molecule has 2 unspecified atom stereocenters. The summed E-state index contributed by atoms with van der Waals surface area (Å²) in [6.45, 7) is 4.56. The normalized spacial score (nSPS) is 13.2. The molecule has 44 heavy (non-hydrogen) atoms. The third-order valence-electron chi connectivity index (χ3n) is 7.88. The number of quaternary nitrogens is 1. The highest BCUT2D eigenvalue weighted by Gasteiger charge is 2.25. The van der Waals surface area contributed by atoms with Gasteiger partial charge in [-0.15, -0.1) is 0 Å². The van der Waals surface area contributed by atoms with E-state index in [1.807, 2.05) is 0 Å². The molecule has 0 fully saturated rings. The topological polar surface area (TPSA) is 102 Å². The lowest BCUT2D eigenvalue weighted by molar-refractivity contribution is -0.889. The van der Waals surface area contributed by atoms with Crippen LogP contribution in [0.15, 0.2) is 12.2 Å². The molecule has 2 atom stereocenters. The van der Waals surface area contributed by atoms with Gasteiger partial charge in [-0.25, -0.2) is 0 Å².